The van der Waals surface area contributed by atoms with Gasteiger partial charge in [0.25, 0.3) is 10.0 Å². The Morgan fingerprint density at radius 1 is 1.60 bits per heavy atom. The van der Waals surface area contributed by atoms with Crippen molar-refractivity contribution in [3.05, 3.63) is 18.3 Å². The van der Waals surface area contributed by atoms with Crippen molar-refractivity contribution in [2.45, 2.75) is 5.03 Å². The largest absolute Gasteiger partial charge is 0.341 e. The first-order chi connectivity index (χ1) is 4.52. The van der Waals surface area contributed by atoms with E-state index >= 15 is 0 Å². The molecule has 0 aliphatic heterocycles. The zero-order chi connectivity index (χ0) is 7.78. The Hall–Kier alpha value is -0.810. The predicted molar refractivity (Wildman–Crippen MR) is 36.8 cm³/mol. The molecule has 0 unspecified atom stereocenters. The van der Waals surface area contributed by atoms with E-state index in [1.54, 1.807) is 19.3 Å². The molecule has 0 radical (unpaired) electrons. The van der Waals surface area contributed by atoms with Crippen LogP contribution in [0, 0.1) is 0 Å². The van der Waals surface area contributed by atoms with Crippen LogP contribution in [0.15, 0.2) is 23.4 Å². The van der Waals surface area contributed by atoms with Crippen LogP contribution in [-0.4, -0.2) is 13.0 Å². The van der Waals surface area contributed by atoms with Gasteiger partial charge < -0.3 is 4.57 Å². The van der Waals surface area contributed by atoms with E-state index < -0.39 is 10.0 Å². The normalized spacial score (nSPS) is 11.8. The van der Waals surface area contributed by atoms with Gasteiger partial charge in [-0.1, -0.05) is 0 Å². The summed E-state index contributed by atoms with van der Waals surface area (Å²) in [4.78, 5) is 0. The fourth-order valence-corrected chi connectivity index (χ4v) is 1.47. The van der Waals surface area contributed by atoms with Gasteiger partial charge in [0, 0.05) is 13.2 Å². The number of hydrogen-bond donors (Lipinski definition) is 1. The molecule has 1 rings (SSSR count). The summed E-state index contributed by atoms with van der Waals surface area (Å²) in [7, 11) is -1.90. The maximum absolute atomic E-state index is 10.7. The average Bonchev–Trinajstić information content (AvgIpc) is 2.11. The summed E-state index contributed by atoms with van der Waals surface area (Å²) in [5.74, 6) is 0. The van der Waals surface area contributed by atoms with Gasteiger partial charge in [-0.15, -0.1) is 0 Å². The summed E-state index contributed by atoms with van der Waals surface area (Å²) < 4.78 is 22.8. The van der Waals surface area contributed by atoms with Gasteiger partial charge in [-0.2, -0.15) is 0 Å². The second kappa shape index (κ2) is 2.10. The van der Waals surface area contributed by atoms with Crippen molar-refractivity contribution in [1.82, 2.24) is 4.57 Å². The van der Waals surface area contributed by atoms with E-state index in [4.69, 9.17) is 5.14 Å². The molecule has 2 N–H and O–H groups in total. The minimum Gasteiger partial charge on any atom is -0.341 e. The van der Waals surface area contributed by atoms with Crippen molar-refractivity contribution in [3.8, 4) is 0 Å². The number of aryl methyl sites for hydroxylation is 1. The SMILES string of the molecule is Cn1cccc1S(N)(=O)=O. The van der Waals surface area contributed by atoms with E-state index in [0.29, 0.717) is 0 Å². The Labute approximate surface area is 59.3 Å². The number of hydrogen-bond acceptors (Lipinski definition) is 2. The zero-order valence-electron chi connectivity index (χ0n) is 5.48. The Bertz CT molecular complexity index is 325. The lowest BCUT2D eigenvalue weighted by atomic mass is 10.7. The van der Waals surface area contributed by atoms with E-state index in [-0.39, 0.29) is 5.03 Å². The van der Waals surface area contributed by atoms with Crippen LogP contribution in [0.4, 0.5) is 0 Å². The van der Waals surface area contributed by atoms with Crippen LogP contribution in [0.1, 0.15) is 0 Å². The van der Waals surface area contributed by atoms with Gasteiger partial charge in [-0.3, -0.25) is 0 Å². The number of nitrogens with zero attached hydrogens (tertiary/aromatic N) is 1. The topological polar surface area (TPSA) is 65.1 Å². The van der Waals surface area contributed by atoms with Gasteiger partial charge in [0.1, 0.15) is 5.03 Å². The van der Waals surface area contributed by atoms with E-state index in [2.05, 4.69) is 0 Å². The minimum absolute atomic E-state index is 0.132. The summed E-state index contributed by atoms with van der Waals surface area (Å²) >= 11 is 0. The smallest absolute Gasteiger partial charge is 0.253 e. The van der Waals surface area contributed by atoms with Crippen molar-refractivity contribution in [2.24, 2.45) is 12.2 Å². The van der Waals surface area contributed by atoms with Crippen LogP contribution >= 0.6 is 0 Å². The average molecular weight is 160 g/mol. The Balaban J connectivity index is 3.32. The predicted octanol–water partition coefficient (Wildman–Crippen LogP) is -0.328. The second-order valence-corrected chi connectivity index (χ2v) is 3.51. The second-order valence-electron chi connectivity index (χ2n) is 2.00. The molecule has 0 bridgehead atoms. The maximum Gasteiger partial charge on any atom is 0.253 e. The molecule has 1 aromatic rings. The number of aromatic nitrogens is 1. The van der Waals surface area contributed by atoms with Gasteiger partial charge in [0.2, 0.25) is 0 Å². The molecule has 1 aromatic heterocycles. The molecule has 1 heterocycles. The first-order valence-corrected chi connectivity index (χ1v) is 4.20. The highest BCUT2D eigenvalue weighted by molar-refractivity contribution is 7.89. The lowest BCUT2D eigenvalue weighted by Gasteiger charge is -1.97. The summed E-state index contributed by atoms with van der Waals surface area (Å²) in [5, 5.41) is 4.99. The van der Waals surface area contributed by atoms with Crippen molar-refractivity contribution in [2.75, 3.05) is 0 Å². The van der Waals surface area contributed by atoms with Gasteiger partial charge in [-0.05, 0) is 12.1 Å². The third kappa shape index (κ3) is 1.19. The molecule has 0 aliphatic carbocycles. The van der Waals surface area contributed by atoms with Gasteiger partial charge in [0.05, 0.1) is 0 Å². The van der Waals surface area contributed by atoms with E-state index in [0.717, 1.165) is 0 Å². The van der Waals surface area contributed by atoms with Crippen molar-refractivity contribution in [3.63, 3.8) is 0 Å². The molecule has 0 spiro atoms. The summed E-state index contributed by atoms with van der Waals surface area (Å²) in [6, 6.07) is 3.08. The Morgan fingerprint density at radius 3 is 2.40 bits per heavy atom. The summed E-state index contributed by atoms with van der Waals surface area (Å²) in [6.07, 6.45) is 1.62. The third-order valence-corrected chi connectivity index (χ3v) is 2.19. The van der Waals surface area contributed by atoms with E-state index in [1.165, 1.54) is 10.6 Å². The van der Waals surface area contributed by atoms with E-state index in [9.17, 15) is 8.42 Å². The van der Waals surface area contributed by atoms with Crippen LogP contribution in [0.3, 0.4) is 0 Å². The van der Waals surface area contributed by atoms with Crippen molar-refractivity contribution in [1.29, 1.82) is 0 Å². The molecule has 4 nitrogen and oxygen atoms in total. The fourth-order valence-electron chi connectivity index (χ4n) is 0.741. The molecule has 0 aliphatic rings. The number of primary sulfonamides is 1. The van der Waals surface area contributed by atoms with Gasteiger partial charge >= 0.3 is 0 Å². The summed E-state index contributed by atoms with van der Waals surface area (Å²) in [6.45, 7) is 0. The fraction of sp³-hybridized carbons (Fsp3) is 0.200. The molecule has 10 heavy (non-hydrogen) atoms. The molecule has 0 fully saturated rings. The minimum atomic E-state index is -3.53. The van der Waals surface area contributed by atoms with Crippen molar-refractivity contribution < 1.29 is 8.42 Å². The molecule has 0 aromatic carbocycles. The molecular formula is C5H8N2O2S. The van der Waals surface area contributed by atoms with Crippen LogP contribution < -0.4 is 5.14 Å². The summed E-state index contributed by atoms with van der Waals surface area (Å²) in [5.41, 5.74) is 0. The van der Waals surface area contributed by atoms with Gasteiger partial charge in [-0.25, -0.2) is 13.6 Å². The standard InChI is InChI=1S/C5H8N2O2S/c1-7-4-2-3-5(7)10(6,8)9/h2-4H,1H3,(H2,6,8,9). The molecule has 0 saturated heterocycles. The van der Waals surface area contributed by atoms with Crippen molar-refractivity contribution >= 4 is 10.0 Å². The molecular weight excluding hydrogens is 152 g/mol. The number of nitrogens with two attached hydrogens (primary N) is 1. The Kier molecular flexibility index (Phi) is 1.53. The van der Waals surface area contributed by atoms with Crippen LogP contribution in [0.25, 0.3) is 0 Å². The third-order valence-electron chi connectivity index (χ3n) is 1.19. The zero-order valence-corrected chi connectivity index (χ0v) is 6.30. The van der Waals surface area contributed by atoms with Crippen LogP contribution in [0.5, 0.6) is 0 Å². The highest BCUT2D eigenvalue weighted by Gasteiger charge is 2.09. The first-order valence-electron chi connectivity index (χ1n) is 2.66. The van der Waals surface area contributed by atoms with Crippen LogP contribution in [-0.2, 0) is 17.1 Å². The van der Waals surface area contributed by atoms with Crippen LogP contribution in [0.2, 0.25) is 0 Å². The monoisotopic (exact) mass is 160 g/mol. The highest BCUT2D eigenvalue weighted by atomic mass is 32.2. The Morgan fingerprint density at radius 2 is 2.20 bits per heavy atom. The molecule has 0 atom stereocenters. The highest BCUT2D eigenvalue weighted by Crippen LogP contribution is 2.04. The van der Waals surface area contributed by atoms with Gasteiger partial charge in [0.15, 0.2) is 0 Å². The molecule has 5 heteroatoms. The number of rotatable bonds is 1. The van der Waals surface area contributed by atoms with E-state index in [1.807, 2.05) is 0 Å². The quantitative estimate of drug-likeness (QED) is 0.611. The maximum atomic E-state index is 10.7. The first kappa shape index (κ1) is 7.30. The number of sulfonamides is 1. The molecule has 56 valence electrons. The molecule has 0 saturated carbocycles. The lowest BCUT2D eigenvalue weighted by molar-refractivity contribution is 0.587. The molecule has 0 amide bonds. The lowest BCUT2D eigenvalue weighted by Crippen LogP contribution is -2.15.